The fourth-order valence-corrected chi connectivity index (χ4v) is 2.12. The SMILES string of the molecule is C=C(COC)c1ccc(-c2nccs2)cc1. The van der Waals surface area contributed by atoms with Crippen LogP contribution in [0, 0.1) is 0 Å². The molecule has 0 aliphatic carbocycles. The summed E-state index contributed by atoms with van der Waals surface area (Å²) in [5, 5.41) is 3.02. The molecule has 0 aliphatic rings. The van der Waals surface area contributed by atoms with Gasteiger partial charge in [0.2, 0.25) is 0 Å². The molecule has 0 bridgehead atoms. The van der Waals surface area contributed by atoms with Crippen LogP contribution in [0.4, 0.5) is 0 Å². The van der Waals surface area contributed by atoms with Crippen molar-refractivity contribution in [3.63, 3.8) is 0 Å². The zero-order valence-electron chi connectivity index (χ0n) is 9.14. The second-order valence-corrected chi connectivity index (χ2v) is 4.35. The maximum atomic E-state index is 5.05. The van der Waals surface area contributed by atoms with Crippen molar-refractivity contribution < 1.29 is 4.74 Å². The van der Waals surface area contributed by atoms with Gasteiger partial charge in [0.15, 0.2) is 0 Å². The third-order valence-corrected chi connectivity index (χ3v) is 3.11. The lowest BCUT2D eigenvalue weighted by Gasteiger charge is -2.05. The topological polar surface area (TPSA) is 22.1 Å². The van der Waals surface area contributed by atoms with Crippen LogP contribution in [0.25, 0.3) is 16.1 Å². The highest BCUT2D eigenvalue weighted by molar-refractivity contribution is 7.13. The third-order valence-electron chi connectivity index (χ3n) is 2.29. The summed E-state index contributed by atoms with van der Waals surface area (Å²) in [6.45, 7) is 4.54. The summed E-state index contributed by atoms with van der Waals surface area (Å²) in [6, 6.07) is 8.24. The summed E-state index contributed by atoms with van der Waals surface area (Å²) in [7, 11) is 1.68. The minimum Gasteiger partial charge on any atom is -0.380 e. The standard InChI is InChI=1S/C13H13NOS/c1-10(9-15-2)11-3-5-12(6-4-11)13-14-7-8-16-13/h3-8H,1,9H2,2H3. The predicted octanol–water partition coefficient (Wildman–Crippen LogP) is 3.47. The second-order valence-electron chi connectivity index (χ2n) is 3.45. The molecule has 0 saturated carbocycles. The Morgan fingerprint density at radius 1 is 1.38 bits per heavy atom. The Kier molecular flexibility index (Phi) is 3.49. The van der Waals surface area contributed by atoms with Crippen molar-refractivity contribution in [1.82, 2.24) is 4.98 Å². The number of ether oxygens (including phenoxy) is 1. The van der Waals surface area contributed by atoms with Crippen molar-refractivity contribution in [2.75, 3.05) is 13.7 Å². The van der Waals surface area contributed by atoms with Gasteiger partial charge < -0.3 is 4.74 Å². The van der Waals surface area contributed by atoms with Gasteiger partial charge in [0.05, 0.1) is 6.61 Å². The zero-order valence-corrected chi connectivity index (χ0v) is 9.96. The van der Waals surface area contributed by atoms with Gasteiger partial charge >= 0.3 is 0 Å². The van der Waals surface area contributed by atoms with E-state index in [1.807, 2.05) is 11.6 Å². The fourth-order valence-electron chi connectivity index (χ4n) is 1.47. The zero-order chi connectivity index (χ0) is 11.4. The molecule has 3 heteroatoms. The molecule has 0 fully saturated rings. The van der Waals surface area contributed by atoms with Crippen LogP contribution in [0.2, 0.25) is 0 Å². The van der Waals surface area contributed by atoms with Gasteiger partial charge in [-0.15, -0.1) is 11.3 Å². The molecule has 0 radical (unpaired) electrons. The maximum Gasteiger partial charge on any atom is 0.123 e. The first-order valence-corrected chi connectivity index (χ1v) is 5.86. The van der Waals surface area contributed by atoms with Crippen LogP contribution >= 0.6 is 11.3 Å². The van der Waals surface area contributed by atoms with E-state index in [4.69, 9.17) is 4.74 Å². The Hall–Kier alpha value is -1.45. The first-order chi connectivity index (χ1) is 7.81. The molecular weight excluding hydrogens is 218 g/mol. The molecule has 1 aromatic heterocycles. The Balaban J connectivity index is 2.20. The van der Waals surface area contributed by atoms with Crippen LogP contribution in [-0.2, 0) is 4.74 Å². The van der Waals surface area contributed by atoms with E-state index in [0.717, 1.165) is 21.7 Å². The molecule has 2 aromatic rings. The van der Waals surface area contributed by atoms with Crippen molar-refractivity contribution in [3.8, 4) is 10.6 Å². The van der Waals surface area contributed by atoms with Crippen LogP contribution < -0.4 is 0 Å². The highest BCUT2D eigenvalue weighted by Gasteiger charge is 2.02. The quantitative estimate of drug-likeness (QED) is 0.803. The number of methoxy groups -OCH3 is 1. The highest BCUT2D eigenvalue weighted by atomic mass is 32.1. The van der Waals surface area contributed by atoms with E-state index in [1.54, 1.807) is 18.4 Å². The smallest absolute Gasteiger partial charge is 0.123 e. The molecule has 0 atom stereocenters. The molecule has 0 spiro atoms. The van der Waals surface area contributed by atoms with Gasteiger partial charge in [0.25, 0.3) is 0 Å². The summed E-state index contributed by atoms with van der Waals surface area (Å²) in [5.74, 6) is 0. The minimum atomic E-state index is 0.566. The molecule has 1 heterocycles. The van der Waals surface area contributed by atoms with Gasteiger partial charge in [0, 0.05) is 24.3 Å². The van der Waals surface area contributed by atoms with Crippen LogP contribution in [0.5, 0.6) is 0 Å². The number of benzene rings is 1. The van der Waals surface area contributed by atoms with E-state index in [1.165, 1.54) is 0 Å². The van der Waals surface area contributed by atoms with Crippen LogP contribution in [0.1, 0.15) is 5.56 Å². The molecule has 2 nitrogen and oxygen atoms in total. The third kappa shape index (κ3) is 2.38. The van der Waals surface area contributed by atoms with E-state index < -0.39 is 0 Å². The summed E-state index contributed by atoms with van der Waals surface area (Å²) in [5.41, 5.74) is 3.25. The number of aromatic nitrogens is 1. The first-order valence-electron chi connectivity index (χ1n) is 4.98. The molecule has 0 aliphatic heterocycles. The normalized spacial score (nSPS) is 10.3. The van der Waals surface area contributed by atoms with Gasteiger partial charge in [-0.1, -0.05) is 30.8 Å². The predicted molar refractivity (Wildman–Crippen MR) is 68.5 cm³/mol. The second kappa shape index (κ2) is 5.05. The van der Waals surface area contributed by atoms with Crippen molar-refractivity contribution in [3.05, 3.63) is 48.0 Å². The molecule has 0 saturated heterocycles. The number of nitrogens with zero attached hydrogens (tertiary/aromatic N) is 1. The van der Waals surface area contributed by atoms with E-state index >= 15 is 0 Å². The molecule has 82 valence electrons. The largest absolute Gasteiger partial charge is 0.380 e. The summed E-state index contributed by atoms with van der Waals surface area (Å²) in [6.07, 6.45) is 1.82. The van der Waals surface area contributed by atoms with E-state index in [-0.39, 0.29) is 0 Å². The van der Waals surface area contributed by atoms with Crippen LogP contribution in [0.15, 0.2) is 42.4 Å². The lowest BCUT2D eigenvalue weighted by Crippen LogP contribution is -1.92. The molecule has 16 heavy (non-hydrogen) atoms. The summed E-state index contributed by atoms with van der Waals surface area (Å²) >= 11 is 1.64. The lowest BCUT2D eigenvalue weighted by atomic mass is 10.1. The molecule has 0 amide bonds. The van der Waals surface area contributed by atoms with Crippen LogP contribution in [-0.4, -0.2) is 18.7 Å². The van der Waals surface area contributed by atoms with Crippen molar-refractivity contribution >= 4 is 16.9 Å². The van der Waals surface area contributed by atoms with Crippen molar-refractivity contribution in [2.24, 2.45) is 0 Å². The Morgan fingerprint density at radius 2 is 2.12 bits per heavy atom. The Bertz CT molecular complexity index is 459. The van der Waals surface area contributed by atoms with Gasteiger partial charge in [-0.2, -0.15) is 0 Å². The number of hydrogen-bond donors (Lipinski definition) is 0. The fraction of sp³-hybridized carbons (Fsp3) is 0.154. The summed E-state index contributed by atoms with van der Waals surface area (Å²) < 4.78 is 5.05. The maximum absolute atomic E-state index is 5.05. The van der Waals surface area contributed by atoms with E-state index in [0.29, 0.717) is 6.61 Å². The average Bonchev–Trinajstić information content (AvgIpc) is 2.83. The van der Waals surface area contributed by atoms with Crippen molar-refractivity contribution in [2.45, 2.75) is 0 Å². The molecular formula is C13H13NOS. The minimum absolute atomic E-state index is 0.566. The van der Waals surface area contributed by atoms with Gasteiger partial charge in [-0.05, 0) is 11.1 Å². The molecule has 2 rings (SSSR count). The first kappa shape index (κ1) is 11.0. The van der Waals surface area contributed by atoms with Gasteiger partial charge in [-0.3, -0.25) is 0 Å². The van der Waals surface area contributed by atoms with Gasteiger partial charge in [-0.25, -0.2) is 4.98 Å². The number of thiazole rings is 1. The van der Waals surface area contributed by atoms with Crippen molar-refractivity contribution in [1.29, 1.82) is 0 Å². The van der Waals surface area contributed by atoms with Gasteiger partial charge in [0.1, 0.15) is 5.01 Å². The summed E-state index contributed by atoms with van der Waals surface area (Å²) in [4.78, 5) is 4.27. The average molecular weight is 231 g/mol. The monoisotopic (exact) mass is 231 g/mol. The highest BCUT2D eigenvalue weighted by Crippen LogP contribution is 2.23. The number of hydrogen-bond acceptors (Lipinski definition) is 3. The Labute approximate surface area is 99.2 Å². The number of rotatable bonds is 4. The molecule has 0 unspecified atom stereocenters. The van der Waals surface area contributed by atoms with Crippen LogP contribution in [0.3, 0.4) is 0 Å². The van der Waals surface area contributed by atoms with E-state index in [9.17, 15) is 0 Å². The lowest BCUT2D eigenvalue weighted by molar-refractivity contribution is 0.240. The van der Waals surface area contributed by atoms with E-state index in [2.05, 4.69) is 35.8 Å². The Morgan fingerprint density at radius 3 is 2.69 bits per heavy atom. The molecule has 0 N–H and O–H groups in total. The molecule has 1 aromatic carbocycles.